The second-order valence-electron chi connectivity index (χ2n) is 7.93. The highest BCUT2D eigenvalue weighted by Crippen LogP contribution is 2.45. The predicted octanol–water partition coefficient (Wildman–Crippen LogP) is 4.85. The standard InChI is InChI=1S/C26H25NO6/c1-14-13-21(32-5)15(2)12-17(14)24(28)22-23(20-11-10-16(3)33-20)27(26(30)25(22)29)18-8-6-7-9-19(18)31-4/h6-13,23,28H,1-5H3/b24-22+. The number of methoxy groups -OCH3 is 2. The van der Waals surface area contributed by atoms with Crippen LogP contribution < -0.4 is 14.4 Å². The molecule has 1 amide bonds. The highest BCUT2D eigenvalue weighted by Gasteiger charge is 2.49. The van der Waals surface area contributed by atoms with Gasteiger partial charge in [-0.05, 0) is 68.3 Å². The van der Waals surface area contributed by atoms with E-state index in [-0.39, 0.29) is 11.3 Å². The summed E-state index contributed by atoms with van der Waals surface area (Å²) in [5.41, 5.74) is 2.29. The molecule has 7 heteroatoms. The van der Waals surface area contributed by atoms with E-state index in [0.717, 1.165) is 5.56 Å². The van der Waals surface area contributed by atoms with Gasteiger partial charge in [0.05, 0.1) is 25.5 Å². The van der Waals surface area contributed by atoms with Crippen LogP contribution in [0.4, 0.5) is 5.69 Å². The Kier molecular flexibility index (Phi) is 5.72. The molecule has 1 aromatic heterocycles. The summed E-state index contributed by atoms with van der Waals surface area (Å²) < 4.78 is 16.6. The monoisotopic (exact) mass is 447 g/mol. The first kappa shape index (κ1) is 22.2. The summed E-state index contributed by atoms with van der Waals surface area (Å²) in [6, 6.07) is 12.9. The van der Waals surface area contributed by atoms with Crippen LogP contribution in [0.2, 0.25) is 0 Å². The molecule has 0 aliphatic carbocycles. The van der Waals surface area contributed by atoms with E-state index in [0.29, 0.717) is 39.8 Å². The Hall–Kier alpha value is -4.00. The van der Waals surface area contributed by atoms with E-state index in [9.17, 15) is 14.7 Å². The van der Waals surface area contributed by atoms with Gasteiger partial charge in [0.1, 0.15) is 34.8 Å². The van der Waals surface area contributed by atoms with E-state index in [1.54, 1.807) is 69.5 Å². The summed E-state index contributed by atoms with van der Waals surface area (Å²) in [6.07, 6.45) is 0. The van der Waals surface area contributed by atoms with E-state index in [2.05, 4.69) is 0 Å². The van der Waals surface area contributed by atoms with Crippen LogP contribution in [0, 0.1) is 20.8 Å². The summed E-state index contributed by atoms with van der Waals surface area (Å²) in [5.74, 6) is 0.219. The molecule has 7 nitrogen and oxygen atoms in total. The molecule has 2 aromatic carbocycles. The molecule has 2 heterocycles. The van der Waals surface area contributed by atoms with Crippen molar-refractivity contribution in [3.05, 3.63) is 82.3 Å². The minimum atomic E-state index is -0.961. The quantitative estimate of drug-likeness (QED) is 0.342. The highest BCUT2D eigenvalue weighted by molar-refractivity contribution is 6.51. The number of carbonyl (C=O) groups excluding carboxylic acids is 2. The molecule has 1 atom stereocenters. The molecule has 1 aliphatic rings. The van der Waals surface area contributed by atoms with Crippen molar-refractivity contribution in [2.24, 2.45) is 0 Å². The number of anilines is 1. The van der Waals surface area contributed by atoms with Crippen LogP contribution in [0.15, 0.2) is 58.5 Å². The maximum absolute atomic E-state index is 13.3. The Morgan fingerprint density at radius 3 is 2.27 bits per heavy atom. The third-order valence-electron chi connectivity index (χ3n) is 5.82. The molecule has 1 aliphatic heterocycles. The molecule has 1 N–H and O–H groups in total. The first-order valence-electron chi connectivity index (χ1n) is 10.4. The highest BCUT2D eigenvalue weighted by atomic mass is 16.5. The summed E-state index contributed by atoms with van der Waals surface area (Å²) in [5, 5.41) is 11.4. The maximum atomic E-state index is 13.3. The lowest BCUT2D eigenvalue weighted by Gasteiger charge is -2.25. The van der Waals surface area contributed by atoms with E-state index in [4.69, 9.17) is 13.9 Å². The predicted molar refractivity (Wildman–Crippen MR) is 124 cm³/mol. The van der Waals surface area contributed by atoms with Gasteiger partial charge in [0.15, 0.2) is 0 Å². The van der Waals surface area contributed by atoms with Gasteiger partial charge < -0.3 is 19.0 Å². The van der Waals surface area contributed by atoms with Gasteiger partial charge in [0, 0.05) is 5.56 Å². The van der Waals surface area contributed by atoms with Crippen molar-refractivity contribution < 1.29 is 28.6 Å². The molecular formula is C26H25NO6. The van der Waals surface area contributed by atoms with Gasteiger partial charge in [-0.25, -0.2) is 0 Å². The number of rotatable bonds is 5. The average molecular weight is 447 g/mol. The van der Waals surface area contributed by atoms with Crippen molar-refractivity contribution >= 4 is 23.1 Å². The summed E-state index contributed by atoms with van der Waals surface area (Å²) in [6.45, 7) is 5.42. The van der Waals surface area contributed by atoms with Crippen molar-refractivity contribution in [3.8, 4) is 11.5 Å². The Labute approximate surface area is 191 Å². The first-order chi connectivity index (χ1) is 15.8. The lowest BCUT2D eigenvalue weighted by Crippen LogP contribution is -2.29. The first-order valence-corrected chi connectivity index (χ1v) is 10.4. The van der Waals surface area contributed by atoms with Gasteiger partial charge in [0.25, 0.3) is 11.7 Å². The number of Topliss-reactive ketones (excluding diaryl/α,β-unsaturated/α-hetero) is 1. The topological polar surface area (TPSA) is 89.2 Å². The Bertz CT molecular complexity index is 1290. The van der Waals surface area contributed by atoms with Gasteiger partial charge in [-0.1, -0.05) is 12.1 Å². The van der Waals surface area contributed by atoms with Crippen molar-refractivity contribution in [3.63, 3.8) is 0 Å². The van der Waals surface area contributed by atoms with Crippen LogP contribution in [0.3, 0.4) is 0 Å². The molecule has 1 saturated heterocycles. The van der Waals surface area contributed by atoms with Crippen LogP contribution in [0.25, 0.3) is 5.76 Å². The number of aliphatic hydroxyl groups is 1. The summed E-state index contributed by atoms with van der Waals surface area (Å²) in [4.78, 5) is 27.9. The average Bonchev–Trinajstić information content (AvgIpc) is 3.35. The molecule has 33 heavy (non-hydrogen) atoms. The number of hydrogen-bond acceptors (Lipinski definition) is 6. The van der Waals surface area contributed by atoms with E-state index < -0.39 is 17.7 Å². The van der Waals surface area contributed by atoms with Crippen molar-refractivity contribution in [2.75, 3.05) is 19.1 Å². The molecule has 0 bridgehead atoms. The number of hydrogen-bond donors (Lipinski definition) is 1. The Balaban J connectivity index is 1.98. The van der Waals surface area contributed by atoms with Crippen LogP contribution in [0.1, 0.15) is 34.3 Å². The zero-order valence-electron chi connectivity index (χ0n) is 19.1. The molecule has 3 aromatic rings. The fraction of sp³-hybridized carbons (Fsp3) is 0.231. The number of furan rings is 1. The lowest BCUT2D eigenvalue weighted by atomic mass is 9.95. The molecule has 4 rings (SSSR count). The minimum Gasteiger partial charge on any atom is -0.507 e. The molecule has 0 radical (unpaired) electrons. The molecular weight excluding hydrogens is 422 g/mol. The van der Waals surface area contributed by atoms with E-state index in [1.165, 1.54) is 12.0 Å². The number of ether oxygens (including phenoxy) is 2. The number of aryl methyl sites for hydroxylation is 3. The largest absolute Gasteiger partial charge is 0.507 e. The van der Waals surface area contributed by atoms with E-state index >= 15 is 0 Å². The van der Waals surface area contributed by atoms with Crippen LogP contribution >= 0.6 is 0 Å². The second kappa shape index (κ2) is 8.50. The fourth-order valence-corrected chi connectivity index (χ4v) is 4.19. The number of ketones is 1. The van der Waals surface area contributed by atoms with Crippen LogP contribution in [-0.4, -0.2) is 31.0 Å². The normalized spacial score (nSPS) is 17.5. The number of amides is 1. The van der Waals surface area contributed by atoms with Gasteiger partial charge in [-0.15, -0.1) is 0 Å². The van der Waals surface area contributed by atoms with E-state index in [1.807, 2.05) is 6.92 Å². The zero-order chi connectivity index (χ0) is 23.9. The summed E-state index contributed by atoms with van der Waals surface area (Å²) >= 11 is 0. The minimum absolute atomic E-state index is 0.0482. The summed E-state index contributed by atoms with van der Waals surface area (Å²) in [7, 11) is 3.06. The fourth-order valence-electron chi connectivity index (χ4n) is 4.19. The lowest BCUT2D eigenvalue weighted by molar-refractivity contribution is -0.132. The molecule has 1 fully saturated rings. The Morgan fingerprint density at radius 1 is 0.939 bits per heavy atom. The molecule has 1 unspecified atom stereocenters. The SMILES string of the molecule is COc1cc(C)c(/C(O)=C2\C(=O)C(=O)N(c3ccccc3OC)C2c2ccc(C)o2)cc1C. The number of aliphatic hydroxyl groups excluding tert-OH is 1. The number of benzene rings is 2. The molecule has 170 valence electrons. The third kappa shape index (κ3) is 3.65. The van der Waals surface area contributed by atoms with Gasteiger partial charge in [-0.2, -0.15) is 0 Å². The Morgan fingerprint density at radius 2 is 1.64 bits per heavy atom. The van der Waals surface area contributed by atoms with Gasteiger partial charge >= 0.3 is 0 Å². The number of para-hydroxylation sites is 2. The zero-order valence-corrected chi connectivity index (χ0v) is 19.1. The van der Waals surface area contributed by atoms with Crippen LogP contribution in [0.5, 0.6) is 11.5 Å². The third-order valence-corrected chi connectivity index (χ3v) is 5.82. The molecule has 0 spiro atoms. The smallest absolute Gasteiger partial charge is 0.300 e. The van der Waals surface area contributed by atoms with Crippen LogP contribution in [-0.2, 0) is 9.59 Å². The van der Waals surface area contributed by atoms with Crippen molar-refractivity contribution in [2.45, 2.75) is 26.8 Å². The molecule has 0 saturated carbocycles. The van der Waals surface area contributed by atoms with Gasteiger partial charge in [0.2, 0.25) is 0 Å². The van der Waals surface area contributed by atoms with Crippen molar-refractivity contribution in [1.29, 1.82) is 0 Å². The second-order valence-corrected chi connectivity index (χ2v) is 7.93. The maximum Gasteiger partial charge on any atom is 0.300 e. The van der Waals surface area contributed by atoms with Gasteiger partial charge in [-0.3, -0.25) is 14.5 Å². The number of carbonyl (C=O) groups is 2. The van der Waals surface area contributed by atoms with Crippen molar-refractivity contribution in [1.82, 2.24) is 0 Å². The number of nitrogens with zero attached hydrogens (tertiary/aromatic N) is 1.